The molecule has 2 aromatic rings. The van der Waals surface area contributed by atoms with Crippen molar-refractivity contribution in [2.75, 3.05) is 0 Å². The molecule has 0 aliphatic rings. The van der Waals surface area contributed by atoms with Crippen LogP contribution >= 0.6 is 22.9 Å². The SMILES string of the molecule is Clc1cc([AsH2])ccc1OCc1cscn1. The van der Waals surface area contributed by atoms with Gasteiger partial charge >= 0.3 is 106 Å². The predicted molar refractivity (Wildman–Crippen MR) is 66.1 cm³/mol. The van der Waals surface area contributed by atoms with Crippen LogP contribution in [0, 0.1) is 0 Å². The van der Waals surface area contributed by atoms with Crippen molar-refractivity contribution in [3.8, 4) is 5.75 Å². The van der Waals surface area contributed by atoms with E-state index in [1.165, 1.54) is 4.35 Å². The van der Waals surface area contributed by atoms with Crippen LogP contribution < -0.4 is 9.09 Å². The molecule has 15 heavy (non-hydrogen) atoms. The fraction of sp³-hybridized carbons (Fsp3) is 0.100. The molecule has 1 atom stereocenters. The molecule has 0 saturated carbocycles. The summed E-state index contributed by atoms with van der Waals surface area (Å²) < 4.78 is 6.74. The van der Waals surface area contributed by atoms with Crippen LogP contribution in [0.15, 0.2) is 29.1 Å². The minimum atomic E-state index is 0.470. The minimum absolute atomic E-state index is 0.470. The molecule has 1 aromatic carbocycles. The molecule has 1 aromatic heterocycles. The Labute approximate surface area is 106 Å². The fourth-order valence-corrected chi connectivity index (χ4v) is 2.65. The molecule has 0 amide bonds. The van der Waals surface area contributed by atoms with Crippen LogP contribution in [-0.2, 0) is 6.61 Å². The van der Waals surface area contributed by atoms with Gasteiger partial charge in [0.15, 0.2) is 0 Å². The van der Waals surface area contributed by atoms with E-state index < -0.39 is 0 Å². The Morgan fingerprint density at radius 2 is 2.33 bits per heavy atom. The van der Waals surface area contributed by atoms with Crippen molar-refractivity contribution >= 4 is 44.1 Å². The van der Waals surface area contributed by atoms with E-state index >= 15 is 0 Å². The molecular formula is C10H9AsClNOS. The molecule has 0 bridgehead atoms. The number of hydrogen-bond acceptors (Lipinski definition) is 3. The van der Waals surface area contributed by atoms with Gasteiger partial charge in [-0.1, -0.05) is 0 Å². The van der Waals surface area contributed by atoms with E-state index in [0.717, 1.165) is 5.69 Å². The molecule has 1 unspecified atom stereocenters. The maximum absolute atomic E-state index is 6.04. The van der Waals surface area contributed by atoms with E-state index in [0.29, 0.717) is 17.4 Å². The zero-order valence-electron chi connectivity index (χ0n) is 7.81. The molecule has 5 heteroatoms. The molecule has 0 aliphatic carbocycles. The third-order valence-electron chi connectivity index (χ3n) is 1.81. The first-order chi connectivity index (χ1) is 7.25. The van der Waals surface area contributed by atoms with Crippen LogP contribution in [0.5, 0.6) is 5.75 Å². The van der Waals surface area contributed by atoms with Gasteiger partial charge in [0.2, 0.25) is 0 Å². The van der Waals surface area contributed by atoms with Crippen LogP contribution in [0.3, 0.4) is 0 Å². The number of hydrogen-bond donors (Lipinski definition) is 0. The summed E-state index contributed by atoms with van der Waals surface area (Å²) in [5, 5.41) is 2.62. The number of halogens is 1. The van der Waals surface area contributed by atoms with E-state index in [4.69, 9.17) is 16.3 Å². The first-order valence-corrected chi connectivity index (χ1v) is 6.84. The molecule has 0 fully saturated rings. The Kier molecular flexibility index (Phi) is 3.68. The molecule has 0 radical (unpaired) electrons. The van der Waals surface area contributed by atoms with Gasteiger partial charge in [-0.15, -0.1) is 0 Å². The van der Waals surface area contributed by atoms with Crippen molar-refractivity contribution in [3.05, 3.63) is 39.8 Å². The second-order valence-electron chi connectivity index (χ2n) is 2.96. The molecule has 2 rings (SSSR count). The van der Waals surface area contributed by atoms with E-state index in [-0.39, 0.29) is 0 Å². The molecular weight excluding hydrogens is 293 g/mol. The van der Waals surface area contributed by atoms with Crippen molar-refractivity contribution in [2.24, 2.45) is 0 Å². The Balaban J connectivity index is 2.05. The molecule has 2 nitrogen and oxygen atoms in total. The van der Waals surface area contributed by atoms with Gasteiger partial charge in [0.1, 0.15) is 0 Å². The van der Waals surface area contributed by atoms with Crippen molar-refractivity contribution < 1.29 is 4.74 Å². The van der Waals surface area contributed by atoms with Gasteiger partial charge in [-0.25, -0.2) is 0 Å². The summed E-state index contributed by atoms with van der Waals surface area (Å²) in [5.74, 6) is 0.714. The average Bonchev–Trinajstić information content (AvgIpc) is 2.69. The fourth-order valence-electron chi connectivity index (χ4n) is 1.09. The van der Waals surface area contributed by atoms with Gasteiger partial charge in [0.05, 0.1) is 0 Å². The topological polar surface area (TPSA) is 22.1 Å². The standard InChI is InChI=1S/C10H9AsClNOS/c11-7-1-2-10(9(12)3-7)14-4-8-5-15-6-13-8/h1-3,5-6H,4,11H2. The van der Waals surface area contributed by atoms with E-state index in [2.05, 4.69) is 4.98 Å². The summed E-state index contributed by atoms with van der Waals surface area (Å²) in [6, 6.07) is 5.81. The third kappa shape index (κ3) is 2.97. The van der Waals surface area contributed by atoms with Crippen LogP contribution in [-0.4, -0.2) is 21.8 Å². The molecule has 78 valence electrons. The Morgan fingerprint density at radius 3 is 3.00 bits per heavy atom. The average molecular weight is 302 g/mol. The van der Waals surface area contributed by atoms with Gasteiger partial charge in [0, 0.05) is 0 Å². The molecule has 0 N–H and O–H groups in total. The third-order valence-corrected chi connectivity index (χ3v) is 3.50. The Bertz CT molecular complexity index is 447. The number of aromatic nitrogens is 1. The first kappa shape index (κ1) is 11.0. The second kappa shape index (κ2) is 5.02. The normalized spacial score (nSPS) is 10.3. The number of benzene rings is 1. The van der Waals surface area contributed by atoms with E-state index in [1.807, 2.05) is 23.6 Å². The number of thiazole rings is 1. The second-order valence-corrected chi connectivity index (χ2v) is 5.48. The van der Waals surface area contributed by atoms with E-state index in [1.54, 1.807) is 33.7 Å². The number of ether oxygens (including phenoxy) is 1. The van der Waals surface area contributed by atoms with Crippen LogP contribution in [0.4, 0.5) is 0 Å². The number of rotatable bonds is 3. The zero-order valence-corrected chi connectivity index (χ0v) is 11.8. The van der Waals surface area contributed by atoms with Crippen molar-refractivity contribution in [1.29, 1.82) is 0 Å². The summed E-state index contributed by atoms with van der Waals surface area (Å²) in [6.45, 7) is 0.470. The van der Waals surface area contributed by atoms with Crippen molar-refractivity contribution in [3.63, 3.8) is 0 Å². The molecule has 0 saturated heterocycles. The summed E-state index contributed by atoms with van der Waals surface area (Å²) in [5.41, 5.74) is 2.72. The van der Waals surface area contributed by atoms with Gasteiger partial charge in [-0.3, -0.25) is 0 Å². The Morgan fingerprint density at radius 1 is 1.47 bits per heavy atom. The first-order valence-electron chi connectivity index (χ1n) is 4.30. The summed E-state index contributed by atoms with van der Waals surface area (Å²) in [6.07, 6.45) is 0. The predicted octanol–water partition coefficient (Wildman–Crippen LogP) is 1.63. The van der Waals surface area contributed by atoms with Crippen LogP contribution in [0.2, 0.25) is 5.02 Å². The van der Waals surface area contributed by atoms with Gasteiger partial charge in [0.25, 0.3) is 0 Å². The zero-order chi connectivity index (χ0) is 10.7. The molecule has 0 spiro atoms. The summed E-state index contributed by atoms with van der Waals surface area (Å²) >= 11 is 9.15. The van der Waals surface area contributed by atoms with E-state index in [9.17, 15) is 0 Å². The molecule has 0 aliphatic heterocycles. The Hall–Kier alpha value is -0.502. The summed E-state index contributed by atoms with van der Waals surface area (Å²) in [4.78, 5) is 4.13. The van der Waals surface area contributed by atoms with Crippen molar-refractivity contribution in [2.45, 2.75) is 6.61 Å². The maximum atomic E-state index is 6.04. The van der Waals surface area contributed by atoms with Gasteiger partial charge in [-0.2, -0.15) is 0 Å². The van der Waals surface area contributed by atoms with Crippen LogP contribution in [0.25, 0.3) is 0 Å². The number of nitrogens with zero attached hydrogens (tertiary/aromatic N) is 1. The monoisotopic (exact) mass is 301 g/mol. The van der Waals surface area contributed by atoms with Crippen molar-refractivity contribution in [1.82, 2.24) is 4.98 Å². The van der Waals surface area contributed by atoms with Crippen LogP contribution in [0.1, 0.15) is 5.69 Å². The van der Waals surface area contributed by atoms with Gasteiger partial charge < -0.3 is 0 Å². The molecule has 1 heterocycles. The quantitative estimate of drug-likeness (QED) is 0.804. The van der Waals surface area contributed by atoms with Gasteiger partial charge in [-0.05, 0) is 0 Å². The summed E-state index contributed by atoms with van der Waals surface area (Å²) in [7, 11) is 0.